The highest BCUT2D eigenvalue weighted by Gasteiger charge is 2.62. The molecule has 50 heavy (non-hydrogen) atoms. The van der Waals surface area contributed by atoms with Gasteiger partial charge in [0.05, 0.1) is 54.8 Å². The zero-order chi connectivity index (χ0) is 37.7. The van der Waals surface area contributed by atoms with Gasteiger partial charge in [-0.05, 0) is 47.5 Å². The second-order valence-corrected chi connectivity index (χ2v) is 15.7. The van der Waals surface area contributed by atoms with Crippen LogP contribution in [0, 0.1) is 5.92 Å². The van der Waals surface area contributed by atoms with E-state index in [-0.39, 0.29) is 19.4 Å². The van der Waals surface area contributed by atoms with Crippen molar-refractivity contribution in [2.75, 3.05) is 19.8 Å². The van der Waals surface area contributed by atoms with Crippen LogP contribution in [0.3, 0.4) is 0 Å². The Hall–Kier alpha value is -0.760. The standard InChI is InChI=1S/C31H61N5O14/c1-29(2,3)48-24-11(6-14-18(35)22(41)20(39)15(8-32)45-14)16(9-37)47-28(24)50-31(44)25(43)12(33)7-13(34)26(31)49-30(4,5)27-19(36)23(42)21(40)17(10-38)46-27/h11-28,37-44H,6-10,32-36H2,1-5H3/t11-,12+,13?,14+,15-,16+,17?,18?,19?,20+,21+,22?,23+,24-,25?,26+,27-,28?,31-/m0/s1. The summed E-state index contributed by atoms with van der Waals surface area (Å²) in [6, 6.07) is -4.39. The molecule has 294 valence electrons. The van der Waals surface area contributed by atoms with E-state index in [1.54, 1.807) is 20.8 Å². The van der Waals surface area contributed by atoms with Gasteiger partial charge in [-0.25, -0.2) is 0 Å². The Bertz CT molecular complexity index is 1100. The lowest BCUT2D eigenvalue weighted by atomic mass is 9.80. The van der Waals surface area contributed by atoms with E-state index in [1.807, 2.05) is 0 Å². The molecule has 1 aliphatic carbocycles. The monoisotopic (exact) mass is 727 g/mol. The Morgan fingerprint density at radius 2 is 1.30 bits per heavy atom. The van der Waals surface area contributed by atoms with Gasteiger partial charge in [0, 0.05) is 24.5 Å². The second-order valence-electron chi connectivity index (χ2n) is 15.7. The highest BCUT2D eigenvalue weighted by atomic mass is 16.8. The maximum atomic E-state index is 12.3. The summed E-state index contributed by atoms with van der Waals surface area (Å²) in [5.41, 5.74) is 28.7. The van der Waals surface area contributed by atoms with Crippen molar-refractivity contribution in [1.82, 2.24) is 0 Å². The first-order valence-electron chi connectivity index (χ1n) is 17.2. The third kappa shape index (κ3) is 8.31. The fourth-order valence-electron chi connectivity index (χ4n) is 7.62. The fourth-order valence-corrected chi connectivity index (χ4v) is 7.62. The van der Waals surface area contributed by atoms with E-state index < -0.39 is 140 Å². The molecule has 4 fully saturated rings. The van der Waals surface area contributed by atoms with E-state index in [2.05, 4.69) is 0 Å². The highest BCUT2D eigenvalue weighted by molar-refractivity contribution is 5.08. The number of rotatable bonds is 11. The van der Waals surface area contributed by atoms with Gasteiger partial charge in [0.1, 0.15) is 54.9 Å². The van der Waals surface area contributed by atoms with Gasteiger partial charge in [-0.3, -0.25) is 0 Å². The minimum atomic E-state index is -2.68. The molecular formula is C31H61N5O14. The average Bonchev–Trinajstić information content (AvgIpc) is 3.34. The van der Waals surface area contributed by atoms with Crippen molar-refractivity contribution in [3.63, 3.8) is 0 Å². The molecule has 0 spiro atoms. The zero-order valence-corrected chi connectivity index (χ0v) is 29.3. The van der Waals surface area contributed by atoms with Crippen molar-refractivity contribution in [1.29, 1.82) is 0 Å². The summed E-state index contributed by atoms with van der Waals surface area (Å²) in [6.07, 6.45) is -16.6. The van der Waals surface area contributed by atoms with Crippen LogP contribution in [0.1, 0.15) is 47.5 Å². The van der Waals surface area contributed by atoms with Gasteiger partial charge < -0.3 is 97.9 Å². The SMILES string of the molecule is CC(C)(C)O[C@@H]1C(O[C@@]2(O)C(O)[C@H](N)CC(N)[C@H]2OC(C)(C)[C@H]2OC(CO)[C@@H](O)[C@H](O)C2N)O[C@H](CO)[C@@H]1C[C@H]1O[C@@H](CN)[C@@H](O)C(O)C1N. The van der Waals surface area contributed by atoms with Gasteiger partial charge in [-0.1, -0.05) is 0 Å². The van der Waals surface area contributed by atoms with E-state index in [9.17, 15) is 40.9 Å². The van der Waals surface area contributed by atoms with Crippen molar-refractivity contribution >= 4 is 0 Å². The third-order valence-corrected chi connectivity index (χ3v) is 10.4. The molecule has 0 aromatic carbocycles. The number of hydrogen-bond acceptors (Lipinski definition) is 19. The van der Waals surface area contributed by atoms with Crippen LogP contribution in [0.5, 0.6) is 0 Å². The molecule has 0 aromatic rings. The molecule has 0 radical (unpaired) electrons. The van der Waals surface area contributed by atoms with E-state index in [0.29, 0.717) is 0 Å². The average molecular weight is 728 g/mol. The smallest absolute Gasteiger partial charge is 0.224 e. The Kier molecular flexibility index (Phi) is 13.4. The van der Waals surface area contributed by atoms with Crippen LogP contribution in [0.2, 0.25) is 0 Å². The molecule has 3 aliphatic heterocycles. The topological polar surface area (TPSA) is 347 Å². The number of ether oxygens (including phenoxy) is 6. The van der Waals surface area contributed by atoms with Gasteiger partial charge in [0.25, 0.3) is 0 Å². The molecule has 19 atom stereocenters. The van der Waals surface area contributed by atoms with Crippen LogP contribution >= 0.6 is 0 Å². The lowest BCUT2D eigenvalue weighted by molar-refractivity contribution is -0.392. The molecule has 0 bridgehead atoms. The molecule has 19 nitrogen and oxygen atoms in total. The summed E-state index contributed by atoms with van der Waals surface area (Å²) >= 11 is 0. The third-order valence-electron chi connectivity index (χ3n) is 10.4. The first-order chi connectivity index (χ1) is 23.1. The van der Waals surface area contributed by atoms with Gasteiger partial charge >= 0.3 is 0 Å². The Labute approximate surface area is 291 Å². The van der Waals surface area contributed by atoms with E-state index >= 15 is 0 Å². The predicted octanol–water partition coefficient (Wildman–Crippen LogP) is -6.23. The molecule has 18 N–H and O–H groups in total. The summed E-state index contributed by atoms with van der Waals surface area (Å²) in [5.74, 6) is -3.41. The van der Waals surface area contributed by atoms with Crippen LogP contribution in [0.15, 0.2) is 0 Å². The molecule has 4 rings (SSSR count). The summed E-state index contributed by atoms with van der Waals surface area (Å²) in [7, 11) is 0. The van der Waals surface area contributed by atoms with Crippen molar-refractivity contribution in [2.24, 2.45) is 34.6 Å². The maximum absolute atomic E-state index is 12.3. The minimum Gasteiger partial charge on any atom is -0.394 e. The lowest BCUT2D eigenvalue weighted by Gasteiger charge is -2.53. The summed E-state index contributed by atoms with van der Waals surface area (Å²) < 4.78 is 37.0. The normalized spacial score (nSPS) is 49.3. The largest absolute Gasteiger partial charge is 0.394 e. The maximum Gasteiger partial charge on any atom is 0.224 e. The van der Waals surface area contributed by atoms with Crippen LogP contribution in [0.25, 0.3) is 0 Å². The number of aliphatic hydroxyl groups excluding tert-OH is 7. The molecule has 4 aliphatic rings. The Balaban J connectivity index is 1.66. The molecule has 1 saturated carbocycles. The highest BCUT2D eigenvalue weighted by Crippen LogP contribution is 2.43. The summed E-state index contributed by atoms with van der Waals surface area (Å²) in [4.78, 5) is 0. The van der Waals surface area contributed by atoms with Crippen LogP contribution in [-0.2, 0) is 28.4 Å². The van der Waals surface area contributed by atoms with E-state index in [1.165, 1.54) is 13.8 Å². The molecule has 0 amide bonds. The van der Waals surface area contributed by atoms with Gasteiger partial charge in [0.2, 0.25) is 5.79 Å². The van der Waals surface area contributed by atoms with Crippen LogP contribution < -0.4 is 28.7 Å². The van der Waals surface area contributed by atoms with E-state index in [0.717, 1.165) is 0 Å². The molecule has 3 heterocycles. The van der Waals surface area contributed by atoms with Gasteiger partial charge in [0.15, 0.2) is 6.29 Å². The molecule has 3 saturated heterocycles. The quantitative estimate of drug-likeness (QED) is 0.0880. The molecule has 0 aromatic heterocycles. The zero-order valence-electron chi connectivity index (χ0n) is 29.3. The van der Waals surface area contributed by atoms with Gasteiger partial charge in [-0.2, -0.15) is 0 Å². The number of nitrogens with two attached hydrogens (primary N) is 5. The second kappa shape index (κ2) is 15.9. The summed E-state index contributed by atoms with van der Waals surface area (Å²) in [5, 5.41) is 85.9. The lowest BCUT2D eigenvalue weighted by Crippen LogP contribution is -2.74. The first-order valence-corrected chi connectivity index (χ1v) is 17.2. The van der Waals surface area contributed by atoms with Crippen molar-refractivity contribution in [3.05, 3.63) is 0 Å². The summed E-state index contributed by atoms with van der Waals surface area (Å²) in [6.45, 7) is 7.11. The Morgan fingerprint density at radius 3 is 1.86 bits per heavy atom. The molecule has 19 heteroatoms. The van der Waals surface area contributed by atoms with Crippen molar-refractivity contribution in [2.45, 2.75) is 168 Å². The minimum absolute atomic E-state index is 0.0194. The number of aliphatic hydroxyl groups is 8. The molecular weight excluding hydrogens is 666 g/mol. The predicted molar refractivity (Wildman–Crippen MR) is 173 cm³/mol. The van der Waals surface area contributed by atoms with Crippen molar-refractivity contribution < 1.29 is 69.3 Å². The fraction of sp³-hybridized carbons (Fsp3) is 1.00. The molecule has 7 unspecified atom stereocenters. The van der Waals surface area contributed by atoms with Crippen LogP contribution in [0.4, 0.5) is 0 Å². The van der Waals surface area contributed by atoms with Crippen LogP contribution in [-0.4, -0.2) is 181 Å². The number of hydrogen-bond donors (Lipinski definition) is 13. The first kappa shape index (κ1) is 42.0. The van der Waals surface area contributed by atoms with E-state index in [4.69, 9.17) is 57.1 Å². The van der Waals surface area contributed by atoms with Crippen molar-refractivity contribution in [3.8, 4) is 0 Å². The van der Waals surface area contributed by atoms with Gasteiger partial charge in [-0.15, -0.1) is 0 Å². The Morgan fingerprint density at radius 1 is 0.720 bits per heavy atom.